The highest BCUT2D eigenvalue weighted by Gasteiger charge is 2.43. The molecule has 33 heavy (non-hydrogen) atoms. The quantitative estimate of drug-likeness (QED) is 0.635. The van der Waals surface area contributed by atoms with Crippen LogP contribution < -0.4 is 5.32 Å². The summed E-state index contributed by atoms with van der Waals surface area (Å²) in [6, 6.07) is 9.78. The number of para-hydroxylation sites is 1. The molecule has 2 N–H and O–H groups in total. The zero-order chi connectivity index (χ0) is 22.5. The van der Waals surface area contributed by atoms with E-state index in [0.717, 1.165) is 29.3 Å². The molecule has 2 aromatic heterocycles. The first kappa shape index (κ1) is 20.0. The number of aromatic amines is 1. The topological polar surface area (TPSA) is 98.4 Å². The summed E-state index contributed by atoms with van der Waals surface area (Å²) in [6.45, 7) is 2.34. The Morgan fingerprint density at radius 2 is 1.97 bits per heavy atom. The van der Waals surface area contributed by atoms with Gasteiger partial charge in [-0.25, -0.2) is 0 Å². The molecule has 0 bridgehead atoms. The monoisotopic (exact) mass is 443 g/mol. The third-order valence-electron chi connectivity index (χ3n) is 7.28. The van der Waals surface area contributed by atoms with Gasteiger partial charge in [-0.2, -0.15) is 0 Å². The highest BCUT2D eigenvalue weighted by atomic mass is 16.2. The molecule has 2 saturated heterocycles. The molecule has 0 radical (unpaired) electrons. The zero-order valence-corrected chi connectivity index (χ0v) is 18.2. The molecule has 0 unspecified atom stereocenters. The molecule has 0 aliphatic carbocycles. The lowest BCUT2D eigenvalue weighted by molar-refractivity contribution is 0.0559. The van der Waals surface area contributed by atoms with Crippen molar-refractivity contribution in [2.24, 2.45) is 5.92 Å². The van der Waals surface area contributed by atoms with Gasteiger partial charge in [0, 0.05) is 49.5 Å². The van der Waals surface area contributed by atoms with Crippen molar-refractivity contribution in [3.8, 4) is 0 Å². The van der Waals surface area contributed by atoms with Crippen molar-refractivity contribution >= 4 is 28.6 Å². The maximum absolute atomic E-state index is 13.5. The highest BCUT2D eigenvalue weighted by Crippen LogP contribution is 2.33. The predicted molar refractivity (Wildman–Crippen MR) is 122 cm³/mol. The van der Waals surface area contributed by atoms with Gasteiger partial charge in [0.25, 0.3) is 17.7 Å². The van der Waals surface area contributed by atoms with Gasteiger partial charge >= 0.3 is 0 Å². The van der Waals surface area contributed by atoms with Crippen LogP contribution in [0.25, 0.3) is 10.9 Å². The summed E-state index contributed by atoms with van der Waals surface area (Å²) in [6.07, 6.45) is 5.66. The lowest BCUT2D eigenvalue weighted by atomic mass is 9.92. The van der Waals surface area contributed by atoms with Gasteiger partial charge in [-0.3, -0.25) is 19.4 Å². The van der Waals surface area contributed by atoms with Gasteiger partial charge < -0.3 is 20.1 Å². The lowest BCUT2D eigenvalue weighted by Crippen LogP contribution is -2.48. The number of carbonyl (C=O) groups is 3. The Morgan fingerprint density at radius 3 is 2.85 bits per heavy atom. The van der Waals surface area contributed by atoms with Crippen LogP contribution in [0.15, 0.2) is 42.7 Å². The van der Waals surface area contributed by atoms with Gasteiger partial charge in [-0.15, -0.1) is 0 Å². The second-order valence-corrected chi connectivity index (χ2v) is 9.17. The smallest absolute Gasteiger partial charge is 0.270 e. The number of piperidine rings is 1. The average Bonchev–Trinajstić information content (AvgIpc) is 3.47. The summed E-state index contributed by atoms with van der Waals surface area (Å²) >= 11 is 0. The number of hydrogen-bond acceptors (Lipinski definition) is 4. The molecular formula is C25H25N5O3. The van der Waals surface area contributed by atoms with Gasteiger partial charge in [0.2, 0.25) is 0 Å². The summed E-state index contributed by atoms with van der Waals surface area (Å²) in [5, 5.41) is 3.82. The van der Waals surface area contributed by atoms with Crippen LogP contribution in [0.1, 0.15) is 49.6 Å². The minimum absolute atomic E-state index is 0.00240. The molecule has 2 atom stereocenters. The number of amides is 3. The van der Waals surface area contributed by atoms with Crippen molar-refractivity contribution in [2.45, 2.75) is 25.3 Å². The number of carbonyl (C=O) groups excluding carboxylic acids is 3. The van der Waals surface area contributed by atoms with E-state index in [1.807, 2.05) is 40.1 Å². The molecule has 6 rings (SSSR count). The number of rotatable bonds is 2. The van der Waals surface area contributed by atoms with Crippen LogP contribution >= 0.6 is 0 Å². The van der Waals surface area contributed by atoms with Gasteiger partial charge in [0.05, 0.1) is 17.2 Å². The highest BCUT2D eigenvalue weighted by molar-refractivity contribution is 6.03. The van der Waals surface area contributed by atoms with E-state index in [-0.39, 0.29) is 29.7 Å². The molecule has 8 heteroatoms. The number of benzene rings is 1. The molecule has 0 saturated carbocycles. The molecule has 0 spiro atoms. The van der Waals surface area contributed by atoms with Crippen LogP contribution in [0, 0.1) is 5.92 Å². The Bertz CT molecular complexity index is 1250. The van der Waals surface area contributed by atoms with Crippen molar-refractivity contribution in [1.82, 2.24) is 25.1 Å². The third-order valence-corrected chi connectivity index (χ3v) is 7.28. The van der Waals surface area contributed by atoms with Crippen molar-refractivity contribution in [1.29, 1.82) is 0 Å². The molecule has 3 aliphatic rings. The molecule has 168 valence electrons. The van der Waals surface area contributed by atoms with E-state index in [1.54, 1.807) is 6.20 Å². The number of aromatic nitrogens is 2. The Kier molecular flexibility index (Phi) is 4.67. The van der Waals surface area contributed by atoms with E-state index in [1.165, 1.54) is 6.20 Å². The van der Waals surface area contributed by atoms with Crippen LogP contribution in [-0.4, -0.2) is 69.7 Å². The minimum atomic E-state index is -0.177. The Balaban J connectivity index is 1.25. The number of pyridine rings is 1. The molecule has 3 aliphatic heterocycles. The maximum Gasteiger partial charge on any atom is 0.270 e. The van der Waals surface area contributed by atoms with Gasteiger partial charge in [-0.05, 0) is 42.9 Å². The lowest BCUT2D eigenvalue weighted by Gasteiger charge is -2.36. The first-order valence-electron chi connectivity index (χ1n) is 11.5. The molecule has 2 fully saturated rings. The SMILES string of the molecule is O=C1NCCc2c1cncc2C(=O)N1C[C@@H]2CCCN(C(=O)c3cc4ccccc4[nH]3)[C@@H]2C1. The summed E-state index contributed by atoms with van der Waals surface area (Å²) in [5.41, 5.74) is 3.31. The van der Waals surface area contributed by atoms with E-state index in [0.29, 0.717) is 49.4 Å². The molecule has 3 aromatic rings. The standard InChI is InChI=1S/C25H25N5O3/c31-23-18-11-26-12-19(17(18)7-8-27-23)24(32)29-13-16-5-3-9-30(22(16)14-29)25(33)21-10-15-4-1-2-6-20(15)28-21/h1-2,4,6,10-12,16,22,28H,3,5,7-9,13-14H2,(H,27,31)/t16-,22+/m0/s1. The third kappa shape index (κ3) is 3.28. The first-order valence-corrected chi connectivity index (χ1v) is 11.5. The van der Waals surface area contributed by atoms with E-state index in [9.17, 15) is 14.4 Å². The number of hydrogen-bond donors (Lipinski definition) is 2. The van der Waals surface area contributed by atoms with E-state index in [4.69, 9.17) is 0 Å². The van der Waals surface area contributed by atoms with Crippen molar-refractivity contribution in [3.63, 3.8) is 0 Å². The molecule has 5 heterocycles. The van der Waals surface area contributed by atoms with Crippen LogP contribution in [0.4, 0.5) is 0 Å². The van der Waals surface area contributed by atoms with E-state index >= 15 is 0 Å². The summed E-state index contributed by atoms with van der Waals surface area (Å²) in [4.78, 5) is 50.3. The fraction of sp³-hybridized carbons (Fsp3) is 0.360. The molecule has 1 aromatic carbocycles. The van der Waals surface area contributed by atoms with Crippen LogP contribution in [0.2, 0.25) is 0 Å². The van der Waals surface area contributed by atoms with Crippen LogP contribution in [0.3, 0.4) is 0 Å². The van der Waals surface area contributed by atoms with Gasteiger partial charge in [-0.1, -0.05) is 18.2 Å². The summed E-state index contributed by atoms with van der Waals surface area (Å²) in [7, 11) is 0. The second kappa shape index (κ2) is 7.72. The number of nitrogens with zero attached hydrogens (tertiary/aromatic N) is 3. The Labute approximate surface area is 191 Å². The second-order valence-electron chi connectivity index (χ2n) is 9.17. The molecule has 8 nitrogen and oxygen atoms in total. The summed E-state index contributed by atoms with van der Waals surface area (Å²) in [5.74, 6) is -0.0255. The van der Waals surface area contributed by atoms with E-state index in [2.05, 4.69) is 15.3 Å². The van der Waals surface area contributed by atoms with Crippen molar-refractivity contribution < 1.29 is 14.4 Å². The minimum Gasteiger partial charge on any atom is -0.352 e. The zero-order valence-electron chi connectivity index (χ0n) is 18.2. The van der Waals surface area contributed by atoms with Crippen LogP contribution in [0.5, 0.6) is 0 Å². The molecular weight excluding hydrogens is 418 g/mol. The number of likely N-dealkylation sites (tertiary alicyclic amines) is 2. The van der Waals surface area contributed by atoms with Gasteiger partial charge in [0.1, 0.15) is 5.69 Å². The van der Waals surface area contributed by atoms with E-state index < -0.39 is 0 Å². The number of fused-ring (bicyclic) bond motifs is 3. The fourth-order valence-electron chi connectivity index (χ4n) is 5.64. The van der Waals surface area contributed by atoms with Gasteiger partial charge in [0.15, 0.2) is 0 Å². The average molecular weight is 444 g/mol. The first-order chi connectivity index (χ1) is 16.1. The predicted octanol–water partition coefficient (Wildman–Crippen LogP) is 2.23. The van der Waals surface area contributed by atoms with Crippen LogP contribution in [-0.2, 0) is 6.42 Å². The number of H-pyrrole nitrogens is 1. The maximum atomic E-state index is 13.5. The summed E-state index contributed by atoms with van der Waals surface area (Å²) < 4.78 is 0. The molecule has 3 amide bonds. The Hall–Kier alpha value is -3.68. The largest absolute Gasteiger partial charge is 0.352 e. The Morgan fingerprint density at radius 1 is 1.09 bits per heavy atom. The van der Waals surface area contributed by atoms with Crippen molar-refractivity contribution in [3.05, 3.63) is 65.1 Å². The van der Waals surface area contributed by atoms with Crippen molar-refractivity contribution in [2.75, 3.05) is 26.2 Å². The normalized spacial score (nSPS) is 22.1. The fourth-order valence-corrected chi connectivity index (χ4v) is 5.64. The number of nitrogens with one attached hydrogen (secondary N) is 2.